The Balaban J connectivity index is 0.000000845. The van der Waals surface area contributed by atoms with Crippen LogP contribution in [-0.2, 0) is 19.5 Å². The van der Waals surface area contributed by atoms with E-state index in [-0.39, 0.29) is 25.2 Å². The van der Waals surface area contributed by atoms with Crippen molar-refractivity contribution in [1.82, 2.24) is 4.98 Å². The summed E-state index contributed by atoms with van der Waals surface area (Å²) in [5.74, 6) is 0.162. The fraction of sp³-hybridized carbons (Fsp3) is 0. The molecule has 0 atom stereocenters. The van der Waals surface area contributed by atoms with E-state index in [4.69, 9.17) is 11.6 Å². The second-order valence-electron chi connectivity index (χ2n) is 2.47. The van der Waals surface area contributed by atoms with Gasteiger partial charge in [0.05, 0.1) is 5.02 Å². The van der Waals surface area contributed by atoms with Gasteiger partial charge in [-0.3, -0.25) is 4.98 Å². The zero-order valence-electron chi connectivity index (χ0n) is 6.87. The Hall–Kier alpha value is -0.657. The van der Waals surface area contributed by atoms with Gasteiger partial charge >= 0.3 is 19.5 Å². The van der Waals surface area contributed by atoms with Gasteiger partial charge in [0.25, 0.3) is 0 Å². The zero-order valence-corrected chi connectivity index (χ0v) is 10.6. The van der Waals surface area contributed by atoms with E-state index >= 15 is 0 Å². The molecule has 0 fully saturated rings. The van der Waals surface area contributed by atoms with Crippen LogP contribution in [0.5, 0.6) is 5.75 Å². The standard InChI is InChI=1S/C9H6ClNO.Zn/c10-7-3-4-8(12)9-6(7)2-1-5-11-9;/h1-5,12H;/q;+2. The van der Waals surface area contributed by atoms with E-state index in [0.29, 0.717) is 10.5 Å². The molecule has 0 aliphatic carbocycles. The summed E-state index contributed by atoms with van der Waals surface area (Å²) >= 11 is 5.88. The third-order valence-electron chi connectivity index (χ3n) is 1.70. The molecular weight excluding hydrogens is 239 g/mol. The van der Waals surface area contributed by atoms with Crippen LogP contribution in [0.15, 0.2) is 30.5 Å². The predicted octanol–water partition coefficient (Wildman–Crippen LogP) is 2.59. The number of fused-ring (bicyclic) bond motifs is 1. The molecule has 0 amide bonds. The maximum absolute atomic E-state index is 9.37. The first-order chi connectivity index (χ1) is 5.79. The second-order valence-corrected chi connectivity index (χ2v) is 2.87. The Morgan fingerprint density at radius 1 is 1.23 bits per heavy atom. The Kier molecular flexibility index (Phi) is 3.24. The van der Waals surface area contributed by atoms with E-state index < -0.39 is 0 Å². The SMILES string of the molecule is Oc1ccc(Cl)c2cccnc12.[Zn+2]. The van der Waals surface area contributed by atoms with Gasteiger partial charge in [-0.2, -0.15) is 0 Å². The Labute approximate surface area is 93.3 Å². The van der Waals surface area contributed by atoms with Gasteiger partial charge in [0.2, 0.25) is 0 Å². The normalized spacial score (nSPS) is 9.62. The fourth-order valence-electron chi connectivity index (χ4n) is 1.12. The van der Waals surface area contributed by atoms with E-state index in [2.05, 4.69) is 4.98 Å². The van der Waals surface area contributed by atoms with Crippen molar-refractivity contribution >= 4 is 22.5 Å². The smallest absolute Gasteiger partial charge is 0.506 e. The van der Waals surface area contributed by atoms with Crippen molar-refractivity contribution in [3.8, 4) is 5.75 Å². The topological polar surface area (TPSA) is 33.1 Å². The van der Waals surface area contributed by atoms with Crippen LogP contribution in [0.2, 0.25) is 5.02 Å². The molecule has 1 aromatic carbocycles. The number of halogens is 1. The largest absolute Gasteiger partial charge is 2.00 e. The molecule has 0 saturated carbocycles. The van der Waals surface area contributed by atoms with Gasteiger partial charge in [-0.1, -0.05) is 11.6 Å². The molecule has 2 nitrogen and oxygen atoms in total. The quantitative estimate of drug-likeness (QED) is 0.723. The first-order valence-corrected chi connectivity index (χ1v) is 3.89. The Morgan fingerprint density at radius 3 is 2.69 bits per heavy atom. The maximum atomic E-state index is 9.37. The average Bonchev–Trinajstić information content (AvgIpc) is 2.12. The monoisotopic (exact) mass is 243 g/mol. The third kappa shape index (κ3) is 1.82. The van der Waals surface area contributed by atoms with Gasteiger partial charge in [0.15, 0.2) is 0 Å². The number of hydrogen-bond donors (Lipinski definition) is 1. The first-order valence-electron chi connectivity index (χ1n) is 3.51. The number of aromatic nitrogens is 1. The predicted molar refractivity (Wildman–Crippen MR) is 48.4 cm³/mol. The number of nitrogens with zero attached hydrogens (tertiary/aromatic N) is 1. The number of benzene rings is 1. The summed E-state index contributed by atoms with van der Waals surface area (Å²) in [7, 11) is 0. The second kappa shape index (κ2) is 4.03. The molecule has 1 N–H and O–H groups in total. The van der Waals surface area contributed by atoms with Gasteiger partial charge in [-0.25, -0.2) is 0 Å². The van der Waals surface area contributed by atoms with Gasteiger partial charge in [-0.15, -0.1) is 0 Å². The molecule has 13 heavy (non-hydrogen) atoms. The molecule has 2 aromatic rings. The van der Waals surface area contributed by atoms with Crippen molar-refractivity contribution in [3.05, 3.63) is 35.5 Å². The fourth-order valence-corrected chi connectivity index (χ4v) is 1.34. The number of phenols is 1. The first kappa shape index (κ1) is 10.4. The molecule has 0 unspecified atom stereocenters. The molecular formula is C9H6ClNOZn+2. The molecule has 4 heteroatoms. The van der Waals surface area contributed by atoms with Crippen molar-refractivity contribution in [2.45, 2.75) is 0 Å². The van der Waals surface area contributed by atoms with Gasteiger partial charge in [0.1, 0.15) is 11.3 Å². The molecule has 0 saturated heterocycles. The molecule has 0 spiro atoms. The molecule has 0 radical (unpaired) electrons. The van der Waals surface area contributed by atoms with Crippen molar-refractivity contribution in [2.24, 2.45) is 0 Å². The van der Waals surface area contributed by atoms with Crippen LogP contribution in [0.3, 0.4) is 0 Å². The molecule has 2 rings (SSSR count). The van der Waals surface area contributed by atoms with Crippen LogP contribution in [-0.4, -0.2) is 10.1 Å². The van der Waals surface area contributed by atoms with Crippen LogP contribution in [0.4, 0.5) is 0 Å². The minimum absolute atomic E-state index is 0. The molecule has 1 aromatic heterocycles. The van der Waals surface area contributed by atoms with Crippen molar-refractivity contribution in [2.75, 3.05) is 0 Å². The van der Waals surface area contributed by atoms with Crippen molar-refractivity contribution < 1.29 is 24.6 Å². The Morgan fingerprint density at radius 2 is 2.00 bits per heavy atom. The van der Waals surface area contributed by atoms with Crippen LogP contribution in [0, 0.1) is 0 Å². The molecule has 1 heterocycles. The van der Waals surface area contributed by atoms with Crippen LogP contribution in [0.1, 0.15) is 0 Å². The molecule has 0 aliphatic rings. The summed E-state index contributed by atoms with van der Waals surface area (Å²) in [4.78, 5) is 4.01. The number of aromatic hydroxyl groups is 1. The van der Waals surface area contributed by atoms with E-state index in [0.717, 1.165) is 5.39 Å². The van der Waals surface area contributed by atoms with E-state index in [1.807, 2.05) is 6.07 Å². The molecule has 60 valence electrons. The maximum Gasteiger partial charge on any atom is 2.00 e. The van der Waals surface area contributed by atoms with Crippen molar-refractivity contribution in [1.29, 1.82) is 0 Å². The summed E-state index contributed by atoms with van der Waals surface area (Å²) in [6.45, 7) is 0. The van der Waals surface area contributed by atoms with Gasteiger partial charge < -0.3 is 5.11 Å². The van der Waals surface area contributed by atoms with E-state index in [1.54, 1.807) is 18.3 Å². The third-order valence-corrected chi connectivity index (χ3v) is 2.02. The van der Waals surface area contributed by atoms with Gasteiger partial charge in [0, 0.05) is 11.6 Å². The number of phenolic OH excluding ortho intramolecular Hbond substituents is 1. The average molecular weight is 245 g/mol. The van der Waals surface area contributed by atoms with Crippen LogP contribution in [0.25, 0.3) is 10.9 Å². The summed E-state index contributed by atoms with van der Waals surface area (Å²) in [6, 6.07) is 6.80. The van der Waals surface area contributed by atoms with Crippen LogP contribution < -0.4 is 0 Å². The number of rotatable bonds is 0. The van der Waals surface area contributed by atoms with Crippen LogP contribution >= 0.6 is 11.6 Å². The minimum atomic E-state index is 0. The van der Waals surface area contributed by atoms with Gasteiger partial charge in [-0.05, 0) is 24.3 Å². The summed E-state index contributed by atoms with van der Waals surface area (Å²) in [5, 5.41) is 10.8. The number of pyridine rings is 1. The summed E-state index contributed by atoms with van der Waals surface area (Å²) in [6.07, 6.45) is 1.62. The Bertz CT molecular complexity index is 392. The molecule has 0 aliphatic heterocycles. The summed E-state index contributed by atoms with van der Waals surface area (Å²) < 4.78 is 0. The zero-order chi connectivity index (χ0) is 8.55. The summed E-state index contributed by atoms with van der Waals surface area (Å²) in [5.41, 5.74) is 0.546. The van der Waals surface area contributed by atoms with Crippen molar-refractivity contribution in [3.63, 3.8) is 0 Å². The van der Waals surface area contributed by atoms with E-state index in [9.17, 15) is 5.11 Å². The minimum Gasteiger partial charge on any atom is -0.506 e. The van der Waals surface area contributed by atoms with E-state index in [1.165, 1.54) is 6.07 Å². The molecule has 0 bridgehead atoms. The number of hydrogen-bond acceptors (Lipinski definition) is 2.